The minimum absolute atomic E-state index is 0.0403. The third-order valence-electron chi connectivity index (χ3n) is 4.49. The summed E-state index contributed by atoms with van der Waals surface area (Å²) in [5.41, 5.74) is 1.01. The number of carboxylic acid groups (broad SMARTS) is 1. The molecule has 1 fully saturated rings. The molecule has 0 radical (unpaired) electrons. The monoisotopic (exact) mass is 533 g/mol. The Morgan fingerprint density at radius 1 is 1.06 bits per heavy atom. The maximum absolute atomic E-state index is 13.4. The number of hydrogen-bond acceptors (Lipinski definition) is 6. The van der Waals surface area contributed by atoms with Gasteiger partial charge in [0, 0.05) is 0 Å². The lowest BCUT2D eigenvalue weighted by molar-refractivity contribution is -0.290. The van der Waals surface area contributed by atoms with Crippen LogP contribution in [0, 0.1) is 0 Å². The van der Waals surface area contributed by atoms with E-state index in [1.807, 2.05) is 0 Å². The van der Waals surface area contributed by atoms with Gasteiger partial charge in [-0.2, -0.15) is 22.0 Å². The zero-order valence-corrected chi connectivity index (χ0v) is 19.2. The summed E-state index contributed by atoms with van der Waals surface area (Å²) >= 11 is 5.89. The molecule has 0 aliphatic carbocycles. The lowest BCUT2D eigenvalue weighted by Gasteiger charge is -2.21. The molecule has 35 heavy (non-hydrogen) atoms. The molecule has 0 spiro atoms. The molecule has 0 unspecified atom stereocenters. The second kappa shape index (κ2) is 10.6. The number of aliphatic carboxylic acids is 1. The normalized spacial score (nSPS) is 15.6. The minimum atomic E-state index is -5.79. The number of halogens is 5. The second-order valence-electron chi connectivity index (χ2n) is 7.13. The Morgan fingerprint density at radius 2 is 1.74 bits per heavy atom. The van der Waals surface area contributed by atoms with Crippen LogP contribution in [0.1, 0.15) is 11.1 Å². The third kappa shape index (κ3) is 6.69. The van der Waals surface area contributed by atoms with Crippen LogP contribution in [0.15, 0.2) is 53.4 Å². The Hall–Kier alpha value is -3.19. The molecule has 1 aliphatic rings. The van der Waals surface area contributed by atoms with E-state index in [1.54, 1.807) is 30.3 Å². The molecule has 2 aromatic carbocycles. The van der Waals surface area contributed by atoms with Crippen molar-refractivity contribution in [3.05, 3.63) is 64.6 Å². The van der Waals surface area contributed by atoms with Crippen LogP contribution in [0.3, 0.4) is 0 Å². The summed E-state index contributed by atoms with van der Waals surface area (Å²) < 4.78 is 74.7. The van der Waals surface area contributed by atoms with Crippen molar-refractivity contribution in [2.75, 3.05) is 13.2 Å². The highest BCUT2D eigenvalue weighted by Gasteiger charge is 2.58. The van der Waals surface area contributed by atoms with Gasteiger partial charge in [0.2, 0.25) is 0 Å². The van der Waals surface area contributed by atoms with Crippen LogP contribution in [-0.4, -0.2) is 51.5 Å². The molecule has 1 heterocycles. The van der Waals surface area contributed by atoms with Crippen molar-refractivity contribution in [3.63, 3.8) is 0 Å². The van der Waals surface area contributed by atoms with Crippen molar-refractivity contribution in [2.45, 2.75) is 18.7 Å². The fourth-order valence-electron chi connectivity index (χ4n) is 2.75. The van der Waals surface area contributed by atoms with E-state index >= 15 is 0 Å². The molecule has 1 aliphatic heterocycles. The van der Waals surface area contributed by atoms with Crippen LogP contribution in [0.5, 0.6) is 11.5 Å². The number of thiocarbonyl (C=S) groups is 1. The molecule has 13 heteroatoms. The number of benzene rings is 2. The molecule has 2 aromatic rings. The molecule has 0 saturated carbocycles. The topological polar surface area (TPSA) is 76.1 Å². The molecule has 1 saturated heterocycles. The van der Waals surface area contributed by atoms with Crippen molar-refractivity contribution in [1.29, 1.82) is 0 Å². The summed E-state index contributed by atoms with van der Waals surface area (Å²) in [6, 6.07) is 12.4. The molecule has 186 valence electrons. The molecular formula is C22H16F5NO5S2. The predicted molar refractivity (Wildman–Crippen MR) is 121 cm³/mol. The number of alkyl halides is 5. The maximum Gasteiger partial charge on any atom is 0.456 e. The van der Waals surface area contributed by atoms with Crippen molar-refractivity contribution in [3.8, 4) is 11.5 Å². The Labute approximate surface area is 205 Å². The first kappa shape index (κ1) is 26.4. The fourth-order valence-corrected chi connectivity index (χ4v) is 4.01. The van der Waals surface area contributed by atoms with E-state index in [2.05, 4.69) is 0 Å². The highest BCUT2D eigenvalue weighted by atomic mass is 32.2. The van der Waals surface area contributed by atoms with Crippen LogP contribution >= 0.6 is 24.0 Å². The van der Waals surface area contributed by atoms with Gasteiger partial charge in [0.15, 0.2) is 18.1 Å². The van der Waals surface area contributed by atoms with E-state index in [4.69, 9.17) is 26.8 Å². The largest absolute Gasteiger partial charge is 0.485 e. The van der Waals surface area contributed by atoms with E-state index in [0.717, 1.165) is 22.7 Å². The van der Waals surface area contributed by atoms with Crippen molar-refractivity contribution >= 4 is 46.3 Å². The molecule has 0 aromatic heterocycles. The fraction of sp³-hybridized carbons (Fsp3) is 0.227. The number of thioether (sulfide) groups is 1. The summed E-state index contributed by atoms with van der Waals surface area (Å²) in [5.74, 6) is -7.47. The van der Waals surface area contributed by atoms with E-state index < -0.39 is 37.1 Å². The number of carbonyl (C=O) groups is 2. The van der Waals surface area contributed by atoms with E-state index in [1.165, 1.54) is 18.2 Å². The first-order valence-electron chi connectivity index (χ1n) is 9.72. The van der Waals surface area contributed by atoms with Gasteiger partial charge in [-0.05, 0) is 29.3 Å². The van der Waals surface area contributed by atoms with Gasteiger partial charge < -0.3 is 14.6 Å². The van der Waals surface area contributed by atoms with Gasteiger partial charge in [-0.15, -0.1) is 0 Å². The second-order valence-corrected chi connectivity index (χ2v) is 8.81. The van der Waals surface area contributed by atoms with E-state index in [-0.39, 0.29) is 27.3 Å². The molecule has 0 atom stereocenters. The number of nitrogens with zero attached hydrogens (tertiary/aromatic N) is 1. The van der Waals surface area contributed by atoms with Gasteiger partial charge in [-0.1, -0.05) is 60.4 Å². The van der Waals surface area contributed by atoms with Crippen LogP contribution in [0.2, 0.25) is 0 Å². The zero-order chi connectivity index (χ0) is 25.8. The lowest BCUT2D eigenvalue weighted by atomic mass is 10.1. The summed E-state index contributed by atoms with van der Waals surface area (Å²) in [6.07, 6.45) is -4.42. The highest BCUT2D eigenvalue weighted by Crippen LogP contribution is 2.38. The summed E-state index contributed by atoms with van der Waals surface area (Å²) in [6.45, 7) is -2.62. The van der Waals surface area contributed by atoms with Gasteiger partial charge >= 0.3 is 18.1 Å². The van der Waals surface area contributed by atoms with Gasteiger partial charge in [-0.3, -0.25) is 14.5 Å². The van der Waals surface area contributed by atoms with Gasteiger partial charge in [0.25, 0.3) is 5.91 Å². The van der Waals surface area contributed by atoms with E-state index in [9.17, 15) is 31.5 Å². The number of rotatable bonds is 9. The number of carbonyl (C=O) groups excluding carboxylic acids is 1. The maximum atomic E-state index is 13.4. The van der Waals surface area contributed by atoms with Crippen molar-refractivity contribution < 1.29 is 46.1 Å². The molecule has 1 N–H and O–H groups in total. The number of carboxylic acids is 1. The zero-order valence-electron chi connectivity index (χ0n) is 17.6. The van der Waals surface area contributed by atoms with Gasteiger partial charge in [-0.25, -0.2) is 0 Å². The molecule has 0 bridgehead atoms. The summed E-state index contributed by atoms with van der Waals surface area (Å²) in [4.78, 5) is 24.4. The number of ether oxygens (including phenoxy) is 2. The van der Waals surface area contributed by atoms with Crippen molar-refractivity contribution in [1.82, 2.24) is 4.90 Å². The first-order valence-corrected chi connectivity index (χ1v) is 10.9. The SMILES string of the molecule is O=C(O)CN1C(=O)C(=Cc2ccc(OCC(F)(F)C(F)(F)F)c(OCc3ccccc3)c2)SC1=S. The van der Waals surface area contributed by atoms with E-state index in [0.29, 0.717) is 11.1 Å². The lowest BCUT2D eigenvalue weighted by Crippen LogP contribution is -2.41. The van der Waals surface area contributed by atoms with Crippen LogP contribution in [0.4, 0.5) is 22.0 Å². The molecule has 6 nitrogen and oxygen atoms in total. The third-order valence-corrected chi connectivity index (χ3v) is 5.87. The summed E-state index contributed by atoms with van der Waals surface area (Å²) in [7, 11) is 0. The number of amides is 1. The summed E-state index contributed by atoms with van der Waals surface area (Å²) in [5, 5.41) is 8.93. The van der Waals surface area contributed by atoms with Crippen LogP contribution in [0.25, 0.3) is 6.08 Å². The van der Waals surface area contributed by atoms with Crippen LogP contribution < -0.4 is 9.47 Å². The molecule has 3 rings (SSSR count). The average Bonchev–Trinajstić information content (AvgIpc) is 3.04. The standard InChI is InChI=1S/C22H16F5NO5S2/c23-21(24,22(25,26)27)12-33-15-7-6-14(8-16(15)32-11-13-4-2-1-3-5-13)9-17-19(31)28(10-18(29)30)20(34)35-17/h1-9H,10-12H2,(H,29,30). The molecule has 1 amide bonds. The Bertz CT molecular complexity index is 1150. The molecular weight excluding hydrogens is 517 g/mol. The quantitative estimate of drug-likeness (QED) is 0.272. The Kier molecular flexibility index (Phi) is 8.00. The number of hydrogen-bond donors (Lipinski definition) is 1. The first-order chi connectivity index (χ1) is 16.4. The minimum Gasteiger partial charge on any atom is -0.485 e. The van der Waals surface area contributed by atoms with Gasteiger partial charge in [0.1, 0.15) is 17.5 Å². The smallest absolute Gasteiger partial charge is 0.456 e. The highest BCUT2D eigenvalue weighted by molar-refractivity contribution is 8.26. The van der Waals surface area contributed by atoms with Gasteiger partial charge in [0.05, 0.1) is 4.91 Å². The average molecular weight is 533 g/mol. The predicted octanol–water partition coefficient (Wildman–Crippen LogP) is 5.13. The van der Waals surface area contributed by atoms with Crippen LogP contribution in [-0.2, 0) is 16.2 Å². The Balaban J connectivity index is 1.87. The van der Waals surface area contributed by atoms with Crippen molar-refractivity contribution in [2.24, 2.45) is 0 Å². The Morgan fingerprint density at radius 3 is 2.37 bits per heavy atom.